The van der Waals surface area contributed by atoms with Crippen molar-refractivity contribution in [3.8, 4) is 5.75 Å². The molecule has 26 heavy (non-hydrogen) atoms. The average molecular weight is 376 g/mol. The molecule has 8 heteroatoms. The second-order valence-corrected chi connectivity index (χ2v) is 7.44. The lowest BCUT2D eigenvalue weighted by Crippen LogP contribution is -2.30. The molecule has 0 bridgehead atoms. The van der Waals surface area contributed by atoms with Gasteiger partial charge >= 0.3 is 0 Å². The molecule has 140 valence electrons. The van der Waals surface area contributed by atoms with E-state index in [2.05, 4.69) is 15.5 Å². The van der Waals surface area contributed by atoms with Crippen molar-refractivity contribution in [2.24, 2.45) is 5.10 Å². The van der Waals surface area contributed by atoms with Crippen molar-refractivity contribution in [3.63, 3.8) is 0 Å². The summed E-state index contributed by atoms with van der Waals surface area (Å²) in [7, 11) is -1.89. The number of pyridine rings is 1. The maximum absolute atomic E-state index is 12.4. The highest BCUT2D eigenvalue weighted by atomic mass is 32.2. The molecule has 0 aliphatic heterocycles. The van der Waals surface area contributed by atoms with Gasteiger partial charge in [-0.2, -0.15) is 9.41 Å². The van der Waals surface area contributed by atoms with Gasteiger partial charge in [0.05, 0.1) is 12.8 Å². The van der Waals surface area contributed by atoms with Crippen molar-refractivity contribution in [1.82, 2.24) is 9.29 Å². The topological polar surface area (TPSA) is 83.9 Å². The van der Waals surface area contributed by atoms with E-state index in [4.69, 9.17) is 4.74 Å². The molecule has 0 spiro atoms. The Morgan fingerprint density at radius 1 is 1.15 bits per heavy atom. The van der Waals surface area contributed by atoms with Crippen LogP contribution in [-0.2, 0) is 10.0 Å². The number of nitrogens with one attached hydrogen (secondary N) is 1. The summed E-state index contributed by atoms with van der Waals surface area (Å²) in [6.45, 7) is 6.32. The summed E-state index contributed by atoms with van der Waals surface area (Å²) in [6, 6.07) is 10.7. The van der Waals surface area contributed by atoms with Crippen molar-refractivity contribution in [1.29, 1.82) is 0 Å². The predicted octanol–water partition coefficient (Wildman–Crippen LogP) is 2.96. The third kappa shape index (κ3) is 4.59. The summed E-state index contributed by atoms with van der Waals surface area (Å²) >= 11 is 0. The Labute approximate surface area is 154 Å². The molecule has 0 aliphatic carbocycles. The van der Waals surface area contributed by atoms with Gasteiger partial charge in [0.1, 0.15) is 16.5 Å². The summed E-state index contributed by atoms with van der Waals surface area (Å²) in [5.74, 6) is 1.25. The van der Waals surface area contributed by atoms with Crippen LogP contribution in [-0.4, -0.2) is 43.6 Å². The number of nitrogens with zero attached hydrogens (tertiary/aromatic N) is 3. The number of sulfonamides is 1. The number of hydrogen-bond acceptors (Lipinski definition) is 6. The number of hydrazone groups is 1. The largest absolute Gasteiger partial charge is 0.497 e. The first kappa shape index (κ1) is 19.9. The molecule has 0 amide bonds. The lowest BCUT2D eigenvalue weighted by atomic mass is 10.1. The summed E-state index contributed by atoms with van der Waals surface area (Å²) in [6.07, 6.45) is 1.34. The van der Waals surface area contributed by atoms with E-state index < -0.39 is 10.0 Å². The summed E-state index contributed by atoms with van der Waals surface area (Å²) < 4.78 is 31.4. The lowest BCUT2D eigenvalue weighted by molar-refractivity contribution is 0.415. The fourth-order valence-electron chi connectivity index (χ4n) is 2.35. The molecule has 0 atom stereocenters. The van der Waals surface area contributed by atoms with Gasteiger partial charge in [-0.05, 0) is 48.9 Å². The molecule has 0 radical (unpaired) electrons. The van der Waals surface area contributed by atoms with Crippen molar-refractivity contribution in [2.45, 2.75) is 25.7 Å². The number of methoxy groups -OCH3 is 1. The maximum atomic E-state index is 12.4. The van der Waals surface area contributed by atoms with Crippen LogP contribution < -0.4 is 10.2 Å². The van der Waals surface area contributed by atoms with Crippen LogP contribution in [0.1, 0.15) is 26.3 Å². The third-order valence-corrected chi connectivity index (χ3v) is 5.96. The van der Waals surface area contributed by atoms with E-state index in [0.717, 1.165) is 17.0 Å². The molecule has 1 aromatic carbocycles. The SMILES string of the molecule is CCN(CC)S(=O)(=O)c1ccc(NN=C(C)c2ccc(OC)cc2)nc1. The van der Waals surface area contributed by atoms with Crippen LogP contribution in [0.4, 0.5) is 5.82 Å². The Kier molecular flexibility index (Phi) is 6.70. The first-order valence-electron chi connectivity index (χ1n) is 8.33. The summed E-state index contributed by atoms with van der Waals surface area (Å²) in [5.41, 5.74) is 4.56. The van der Waals surface area contributed by atoms with Gasteiger partial charge in [-0.3, -0.25) is 5.43 Å². The first-order chi connectivity index (χ1) is 12.4. The van der Waals surface area contributed by atoms with Crippen molar-refractivity contribution >= 4 is 21.6 Å². The minimum atomic E-state index is -3.50. The van der Waals surface area contributed by atoms with Gasteiger partial charge in [-0.15, -0.1) is 0 Å². The lowest BCUT2D eigenvalue weighted by Gasteiger charge is -2.18. The Morgan fingerprint density at radius 3 is 2.31 bits per heavy atom. The minimum absolute atomic E-state index is 0.169. The zero-order valence-electron chi connectivity index (χ0n) is 15.4. The molecule has 0 saturated heterocycles. The van der Waals surface area contributed by atoms with Crippen molar-refractivity contribution < 1.29 is 13.2 Å². The van der Waals surface area contributed by atoms with E-state index in [9.17, 15) is 8.42 Å². The van der Waals surface area contributed by atoms with E-state index in [1.54, 1.807) is 27.0 Å². The zero-order chi connectivity index (χ0) is 19.2. The second kappa shape index (κ2) is 8.77. The van der Waals surface area contributed by atoms with Crippen LogP contribution in [0.25, 0.3) is 0 Å². The van der Waals surface area contributed by atoms with Crippen LogP contribution >= 0.6 is 0 Å². The normalized spacial score (nSPS) is 12.3. The smallest absolute Gasteiger partial charge is 0.244 e. The summed E-state index contributed by atoms with van der Waals surface area (Å²) in [5, 5.41) is 4.28. The number of aromatic nitrogens is 1. The van der Waals surface area contributed by atoms with Crippen LogP contribution in [0.2, 0.25) is 0 Å². The van der Waals surface area contributed by atoms with E-state index in [0.29, 0.717) is 18.9 Å². The van der Waals surface area contributed by atoms with Gasteiger partial charge in [0.2, 0.25) is 10.0 Å². The van der Waals surface area contributed by atoms with Crippen molar-refractivity contribution in [2.75, 3.05) is 25.6 Å². The molecule has 0 unspecified atom stereocenters. The number of rotatable bonds is 8. The molecule has 1 heterocycles. The standard InChI is InChI=1S/C18H24N4O3S/c1-5-22(6-2)26(23,24)17-11-12-18(19-13-17)21-20-14(3)15-7-9-16(25-4)10-8-15/h7-13H,5-6H2,1-4H3,(H,19,21). The molecule has 0 fully saturated rings. The second-order valence-electron chi connectivity index (χ2n) is 5.51. The average Bonchev–Trinajstić information content (AvgIpc) is 2.67. The van der Waals surface area contributed by atoms with Gasteiger partial charge in [0.25, 0.3) is 0 Å². The fraction of sp³-hybridized carbons (Fsp3) is 0.333. The molecule has 2 aromatic rings. The fourth-order valence-corrected chi connectivity index (χ4v) is 3.75. The molecular weight excluding hydrogens is 352 g/mol. The Bertz CT molecular complexity index is 843. The van der Waals surface area contributed by atoms with Crippen LogP contribution in [0.5, 0.6) is 5.75 Å². The molecule has 0 aliphatic rings. The van der Waals surface area contributed by atoms with E-state index in [-0.39, 0.29) is 4.90 Å². The van der Waals surface area contributed by atoms with Gasteiger partial charge < -0.3 is 4.74 Å². The minimum Gasteiger partial charge on any atom is -0.497 e. The van der Waals surface area contributed by atoms with E-state index >= 15 is 0 Å². The molecule has 7 nitrogen and oxygen atoms in total. The van der Waals surface area contributed by atoms with Crippen LogP contribution in [0, 0.1) is 0 Å². The van der Waals surface area contributed by atoms with Crippen molar-refractivity contribution in [3.05, 3.63) is 48.2 Å². The third-order valence-electron chi connectivity index (χ3n) is 3.93. The quantitative estimate of drug-likeness (QED) is 0.566. The van der Waals surface area contributed by atoms with Crippen LogP contribution in [0.3, 0.4) is 0 Å². The van der Waals surface area contributed by atoms with Gasteiger partial charge in [-0.25, -0.2) is 13.4 Å². The Balaban J connectivity index is 2.11. The Hall–Kier alpha value is -2.45. The predicted molar refractivity (Wildman–Crippen MR) is 103 cm³/mol. The molecular formula is C18H24N4O3S. The van der Waals surface area contributed by atoms with Gasteiger partial charge in [0.15, 0.2) is 0 Å². The number of benzene rings is 1. The highest BCUT2D eigenvalue weighted by Crippen LogP contribution is 2.16. The van der Waals surface area contributed by atoms with Gasteiger partial charge in [-0.1, -0.05) is 13.8 Å². The van der Waals surface area contributed by atoms with Crippen LogP contribution in [0.15, 0.2) is 52.6 Å². The highest BCUT2D eigenvalue weighted by molar-refractivity contribution is 7.89. The molecule has 1 aromatic heterocycles. The molecule has 2 rings (SSSR count). The molecule has 0 saturated carbocycles. The van der Waals surface area contributed by atoms with E-state index in [1.165, 1.54) is 16.6 Å². The maximum Gasteiger partial charge on any atom is 0.244 e. The number of ether oxygens (including phenoxy) is 1. The monoisotopic (exact) mass is 376 g/mol. The molecule has 1 N–H and O–H groups in total. The zero-order valence-corrected chi connectivity index (χ0v) is 16.2. The first-order valence-corrected chi connectivity index (χ1v) is 9.77. The van der Waals surface area contributed by atoms with E-state index in [1.807, 2.05) is 31.2 Å². The summed E-state index contributed by atoms with van der Waals surface area (Å²) in [4.78, 5) is 4.31. The number of anilines is 1. The number of hydrogen-bond donors (Lipinski definition) is 1. The Morgan fingerprint density at radius 2 is 1.81 bits per heavy atom. The van der Waals surface area contributed by atoms with Gasteiger partial charge in [0, 0.05) is 19.3 Å². The highest BCUT2D eigenvalue weighted by Gasteiger charge is 2.21.